The zero-order valence-electron chi connectivity index (χ0n) is 34.2. The van der Waals surface area contributed by atoms with Crippen LogP contribution in [0, 0.1) is 23.3 Å². The third-order valence-electron chi connectivity index (χ3n) is 10.6. The molecule has 0 saturated heterocycles. The molecule has 14 nitrogen and oxygen atoms in total. The number of rotatable bonds is 14. The lowest BCUT2D eigenvalue weighted by Gasteiger charge is -2.27. The summed E-state index contributed by atoms with van der Waals surface area (Å²) in [6.45, 7) is -1.79. The van der Waals surface area contributed by atoms with Gasteiger partial charge in [0.15, 0.2) is 0 Å². The van der Waals surface area contributed by atoms with Crippen LogP contribution in [0.4, 0.5) is 40.3 Å². The zero-order valence-corrected chi connectivity index (χ0v) is 36.7. The Morgan fingerprint density at radius 1 is 0.600 bits per heavy atom. The van der Waals surface area contributed by atoms with Crippen molar-refractivity contribution in [3.8, 4) is 0 Å². The number of nitrogens with one attached hydrogen (secondary N) is 2. The summed E-state index contributed by atoms with van der Waals surface area (Å²) in [5.74, 6) is -6.99. The standard InChI is InChI=1S/C44H36F4N8O6S3/c1-53(31-7-9-39-33(19-31)49-23-63-39)43(59)35(15-25-11-27(45)17-28(46)12-25)51-41(57)21-55-37-5-3-4-6-38(37)56(65(55,61)62)22-42(58)52-36(16-26-13-29(47)18-30(48)14-26)44(60)54(2)32-8-10-40-34(20-32)50-24-64-40/h3-14,17-20,23-24,35-36H,15-16,21-22H2,1-2H3,(H,51,57)(H,52,58)/t35-,36?/m0/s1. The van der Waals surface area contributed by atoms with E-state index in [1.807, 2.05) is 0 Å². The lowest BCUT2D eigenvalue weighted by atomic mass is 10.0. The van der Waals surface area contributed by atoms with E-state index >= 15 is 0 Å². The van der Waals surface area contributed by atoms with E-state index in [0.717, 1.165) is 42.3 Å². The number of amides is 4. The van der Waals surface area contributed by atoms with Crippen molar-refractivity contribution in [2.45, 2.75) is 24.9 Å². The molecule has 0 bridgehead atoms. The fraction of sp³-hybridized carbons (Fsp3) is 0.182. The fourth-order valence-corrected chi connectivity index (χ4v) is 10.4. The average Bonchev–Trinajstić information content (AvgIpc) is 3.98. The Hall–Kier alpha value is -6.97. The topological polar surface area (TPSA) is 165 Å². The van der Waals surface area contributed by atoms with E-state index in [2.05, 4.69) is 20.6 Å². The van der Waals surface area contributed by atoms with Gasteiger partial charge in [0.2, 0.25) is 23.6 Å². The summed E-state index contributed by atoms with van der Waals surface area (Å²) in [4.78, 5) is 67.0. The minimum Gasteiger partial charge on any atom is -0.342 e. The molecular weight excluding hydrogens is 909 g/mol. The van der Waals surface area contributed by atoms with Crippen molar-refractivity contribution in [1.29, 1.82) is 0 Å². The molecule has 2 atom stereocenters. The van der Waals surface area contributed by atoms with Gasteiger partial charge in [0, 0.05) is 50.4 Å². The van der Waals surface area contributed by atoms with Crippen molar-refractivity contribution in [1.82, 2.24) is 20.6 Å². The van der Waals surface area contributed by atoms with Gasteiger partial charge in [0.25, 0.3) is 0 Å². The first-order chi connectivity index (χ1) is 31.0. The van der Waals surface area contributed by atoms with Crippen molar-refractivity contribution in [2.75, 3.05) is 45.6 Å². The highest BCUT2D eigenvalue weighted by Gasteiger charge is 2.43. The summed E-state index contributed by atoms with van der Waals surface area (Å²) in [6, 6.07) is 18.4. The normalized spacial score (nSPS) is 13.9. The number of halogens is 4. The summed E-state index contributed by atoms with van der Waals surface area (Å²) < 4.78 is 89.0. The summed E-state index contributed by atoms with van der Waals surface area (Å²) in [6.07, 6.45) is -0.760. The Balaban J connectivity index is 1.02. The molecular formula is C44H36F4N8O6S3. The SMILES string of the molecule is CN(C(=O)C(Cc1cc(F)cc(F)c1)NC(=O)CN1c2ccccc2N(CC(=O)N[C@@H](Cc2cc(F)cc(F)c2)C(=O)N(C)c2ccc3scnc3c2)S1(=O)=O)c1ccc2scnc2c1. The van der Waals surface area contributed by atoms with Crippen LogP contribution in [0.2, 0.25) is 0 Å². The van der Waals surface area contributed by atoms with Crippen LogP contribution in [0.15, 0.2) is 108 Å². The van der Waals surface area contributed by atoms with Crippen LogP contribution in [0.3, 0.4) is 0 Å². The first-order valence-corrected chi connectivity index (χ1v) is 22.8. The molecule has 5 aromatic carbocycles. The molecule has 2 aromatic heterocycles. The fourth-order valence-electron chi connectivity index (χ4n) is 7.49. The Morgan fingerprint density at radius 3 is 1.37 bits per heavy atom. The number of fused-ring (bicyclic) bond motifs is 3. The molecule has 334 valence electrons. The number of anilines is 4. The molecule has 0 fully saturated rings. The predicted molar refractivity (Wildman–Crippen MR) is 240 cm³/mol. The minimum atomic E-state index is -4.73. The molecule has 7 aromatic rings. The number of aromatic nitrogens is 2. The van der Waals surface area contributed by atoms with Crippen LogP contribution < -0.4 is 29.0 Å². The largest absolute Gasteiger partial charge is 0.342 e. The Labute approximate surface area is 376 Å². The highest BCUT2D eigenvalue weighted by Crippen LogP contribution is 2.40. The first-order valence-electron chi connectivity index (χ1n) is 19.6. The van der Waals surface area contributed by atoms with Gasteiger partial charge in [-0.05, 0) is 83.9 Å². The van der Waals surface area contributed by atoms with Crippen molar-refractivity contribution in [2.24, 2.45) is 0 Å². The lowest BCUT2D eigenvalue weighted by Crippen LogP contribution is -2.53. The highest BCUT2D eigenvalue weighted by atomic mass is 32.2. The smallest absolute Gasteiger partial charge is 0.327 e. The third kappa shape index (κ3) is 9.61. The van der Waals surface area contributed by atoms with Crippen LogP contribution >= 0.6 is 22.7 Å². The molecule has 4 amide bonds. The minimum absolute atomic E-state index is 0.000704. The van der Waals surface area contributed by atoms with Gasteiger partial charge in [-0.1, -0.05) is 12.1 Å². The molecule has 8 rings (SSSR count). The van der Waals surface area contributed by atoms with E-state index in [-0.39, 0.29) is 35.3 Å². The van der Waals surface area contributed by atoms with Crippen LogP contribution in [-0.2, 0) is 42.2 Å². The van der Waals surface area contributed by atoms with Gasteiger partial charge >= 0.3 is 10.2 Å². The predicted octanol–water partition coefficient (Wildman–Crippen LogP) is 6.11. The number of likely N-dealkylation sites (N-methyl/N-ethyl adjacent to an activating group) is 2. The number of benzene rings is 5. The molecule has 0 saturated carbocycles. The summed E-state index contributed by atoms with van der Waals surface area (Å²) in [5.41, 5.74) is 5.36. The van der Waals surface area contributed by atoms with Crippen molar-refractivity contribution in [3.63, 3.8) is 0 Å². The number of nitrogens with zero attached hydrogens (tertiary/aromatic N) is 6. The second-order valence-electron chi connectivity index (χ2n) is 15.0. The van der Waals surface area contributed by atoms with Gasteiger partial charge in [-0.3, -0.25) is 19.2 Å². The molecule has 21 heteroatoms. The lowest BCUT2D eigenvalue weighted by molar-refractivity contribution is -0.126. The average molecular weight is 945 g/mol. The second kappa shape index (κ2) is 18.3. The first kappa shape index (κ1) is 44.6. The van der Waals surface area contributed by atoms with Gasteiger partial charge in [-0.15, -0.1) is 22.7 Å². The molecule has 3 heterocycles. The highest BCUT2D eigenvalue weighted by molar-refractivity contribution is 7.94. The van der Waals surface area contributed by atoms with Crippen LogP contribution in [-0.4, -0.2) is 81.3 Å². The monoisotopic (exact) mass is 944 g/mol. The van der Waals surface area contributed by atoms with Gasteiger partial charge in [0.05, 0.1) is 42.8 Å². The van der Waals surface area contributed by atoms with Gasteiger partial charge in [-0.25, -0.2) is 36.1 Å². The molecule has 1 aliphatic heterocycles. The van der Waals surface area contributed by atoms with Gasteiger partial charge in [0.1, 0.15) is 48.4 Å². The third-order valence-corrected chi connectivity index (χ3v) is 14.0. The summed E-state index contributed by atoms with van der Waals surface area (Å²) >= 11 is 2.78. The molecule has 1 aliphatic rings. The number of carbonyl (C=O) groups excluding carboxylic acids is 4. The van der Waals surface area contributed by atoms with Crippen LogP contribution in [0.5, 0.6) is 0 Å². The maximum Gasteiger partial charge on any atom is 0.327 e. The molecule has 1 unspecified atom stereocenters. The van der Waals surface area contributed by atoms with Crippen molar-refractivity contribution >= 4 is 99.7 Å². The Kier molecular flexibility index (Phi) is 12.5. The molecule has 0 radical (unpaired) electrons. The van der Waals surface area contributed by atoms with E-state index in [9.17, 15) is 45.2 Å². The molecule has 0 spiro atoms. The molecule has 2 N–H and O–H groups in total. The van der Waals surface area contributed by atoms with E-state index in [1.165, 1.54) is 70.8 Å². The second-order valence-corrected chi connectivity index (χ2v) is 18.6. The summed E-state index contributed by atoms with van der Waals surface area (Å²) in [7, 11) is -1.85. The Morgan fingerprint density at radius 2 is 0.985 bits per heavy atom. The van der Waals surface area contributed by atoms with Crippen LogP contribution in [0.25, 0.3) is 20.4 Å². The zero-order chi connectivity index (χ0) is 46.2. The van der Waals surface area contributed by atoms with E-state index in [4.69, 9.17) is 0 Å². The van der Waals surface area contributed by atoms with Crippen LogP contribution in [0.1, 0.15) is 11.1 Å². The maximum atomic E-state index is 14.3. The number of carbonyl (C=O) groups is 4. The molecule has 65 heavy (non-hydrogen) atoms. The van der Waals surface area contributed by atoms with E-state index in [0.29, 0.717) is 34.5 Å². The van der Waals surface area contributed by atoms with Gasteiger partial charge < -0.3 is 20.4 Å². The Bertz CT molecular complexity index is 2880. The summed E-state index contributed by atoms with van der Waals surface area (Å²) in [5, 5.41) is 5.10. The van der Waals surface area contributed by atoms with Crippen molar-refractivity contribution < 1.29 is 45.2 Å². The van der Waals surface area contributed by atoms with E-state index < -0.39 is 82.3 Å². The number of thiazole rings is 2. The number of para-hydroxylation sites is 2. The number of hydrogen-bond acceptors (Lipinski definition) is 10. The molecule has 0 aliphatic carbocycles. The maximum absolute atomic E-state index is 14.3. The van der Waals surface area contributed by atoms with Gasteiger partial charge in [-0.2, -0.15) is 8.42 Å². The van der Waals surface area contributed by atoms with Crippen molar-refractivity contribution in [3.05, 3.63) is 142 Å². The number of hydrogen-bond donors (Lipinski definition) is 2. The quantitative estimate of drug-likeness (QED) is 0.123. The van der Waals surface area contributed by atoms with E-state index in [1.54, 1.807) is 47.4 Å².